The van der Waals surface area contributed by atoms with Gasteiger partial charge in [-0.1, -0.05) is 24.3 Å². The van der Waals surface area contributed by atoms with E-state index in [4.69, 9.17) is 0 Å². The SMILES string of the molecule is OCc1ccncc1N1Cc2ccccc2C1. The summed E-state index contributed by atoms with van der Waals surface area (Å²) < 4.78 is 0. The second-order valence-electron chi connectivity index (χ2n) is 4.29. The van der Waals surface area contributed by atoms with E-state index in [1.807, 2.05) is 12.3 Å². The van der Waals surface area contributed by atoms with Crippen molar-refractivity contribution in [3.05, 3.63) is 59.4 Å². The third-order valence-electron chi connectivity index (χ3n) is 3.24. The molecule has 2 aromatic rings. The number of hydrogen-bond acceptors (Lipinski definition) is 3. The summed E-state index contributed by atoms with van der Waals surface area (Å²) in [5.74, 6) is 0. The number of aliphatic hydroxyl groups is 1. The van der Waals surface area contributed by atoms with Crippen molar-refractivity contribution in [3.63, 3.8) is 0 Å². The molecule has 17 heavy (non-hydrogen) atoms. The van der Waals surface area contributed by atoms with Gasteiger partial charge in [0, 0.05) is 24.8 Å². The number of aliphatic hydroxyl groups excluding tert-OH is 1. The zero-order valence-electron chi connectivity index (χ0n) is 9.50. The van der Waals surface area contributed by atoms with Gasteiger partial charge in [-0.05, 0) is 17.2 Å². The average molecular weight is 226 g/mol. The highest BCUT2D eigenvalue weighted by Gasteiger charge is 2.20. The Hall–Kier alpha value is -1.87. The van der Waals surface area contributed by atoms with Crippen molar-refractivity contribution in [2.75, 3.05) is 4.90 Å². The molecule has 1 aliphatic rings. The summed E-state index contributed by atoms with van der Waals surface area (Å²) in [4.78, 5) is 6.40. The molecule has 3 nitrogen and oxygen atoms in total. The first-order valence-corrected chi connectivity index (χ1v) is 5.74. The lowest BCUT2D eigenvalue weighted by molar-refractivity contribution is 0.282. The number of hydrogen-bond donors (Lipinski definition) is 1. The van der Waals surface area contributed by atoms with Crippen molar-refractivity contribution < 1.29 is 5.11 Å². The van der Waals surface area contributed by atoms with Crippen LogP contribution in [0.3, 0.4) is 0 Å². The highest BCUT2D eigenvalue weighted by Crippen LogP contribution is 2.29. The van der Waals surface area contributed by atoms with Gasteiger partial charge < -0.3 is 10.0 Å². The quantitative estimate of drug-likeness (QED) is 0.851. The molecule has 1 N–H and O–H groups in total. The van der Waals surface area contributed by atoms with Gasteiger partial charge in [-0.15, -0.1) is 0 Å². The molecule has 0 spiro atoms. The third-order valence-corrected chi connectivity index (χ3v) is 3.24. The van der Waals surface area contributed by atoms with Gasteiger partial charge in [0.25, 0.3) is 0 Å². The molecule has 2 heterocycles. The number of rotatable bonds is 2. The van der Waals surface area contributed by atoms with Crippen molar-refractivity contribution in [1.29, 1.82) is 0 Å². The Kier molecular flexibility index (Phi) is 2.53. The van der Waals surface area contributed by atoms with Crippen LogP contribution in [0, 0.1) is 0 Å². The number of fused-ring (bicyclic) bond motifs is 1. The predicted molar refractivity (Wildman–Crippen MR) is 66.5 cm³/mol. The third kappa shape index (κ3) is 1.78. The van der Waals surface area contributed by atoms with E-state index in [0.29, 0.717) is 0 Å². The first-order chi connectivity index (χ1) is 8.38. The molecule has 3 rings (SSSR count). The first kappa shape index (κ1) is 10.3. The minimum absolute atomic E-state index is 0.0602. The number of anilines is 1. The van der Waals surface area contributed by atoms with Gasteiger partial charge in [0.15, 0.2) is 0 Å². The Morgan fingerprint density at radius 3 is 2.47 bits per heavy atom. The summed E-state index contributed by atoms with van der Waals surface area (Å²) in [7, 11) is 0. The molecule has 0 radical (unpaired) electrons. The van der Waals surface area contributed by atoms with E-state index >= 15 is 0 Å². The maximum Gasteiger partial charge on any atom is 0.0703 e. The molecule has 86 valence electrons. The van der Waals surface area contributed by atoms with Gasteiger partial charge in [0.2, 0.25) is 0 Å². The molecule has 0 aliphatic carbocycles. The normalized spacial score (nSPS) is 13.8. The van der Waals surface area contributed by atoms with Crippen LogP contribution < -0.4 is 4.90 Å². The standard InChI is InChI=1S/C14H14N2O/c17-10-13-5-6-15-7-14(13)16-8-11-3-1-2-4-12(11)9-16/h1-7,17H,8-10H2. The fraction of sp³-hybridized carbons (Fsp3) is 0.214. The minimum Gasteiger partial charge on any atom is -0.392 e. The lowest BCUT2D eigenvalue weighted by Gasteiger charge is -2.19. The summed E-state index contributed by atoms with van der Waals surface area (Å²) in [6, 6.07) is 10.3. The molecular formula is C14H14N2O. The summed E-state index contributed by atoms with van der Waals surface area (Å²) in [5, 5.41) is 9.34. The average Bonchev–Trinajstić information content (AvgIpc) is 2.82. The van der Waals surface area contributed by atoms with Gasteiger partial charge in [-0.2, -0.15) is 0 Å². The highest BCUT2D eigenvalue weighted by atomic mass is 16.3. The van der Waals surface area contributed by atoms with Crippen LogP contribution in [0.2, 0.25) is 0 Å². The molecule has 1 aromatic carbocycles. The Morgan fingerprint density at radius 2 is 1.82 bits per heavy atom. The zero-order chi connectivity index (χ0) is 11.7. The van der Waals surface area contributed by atoms with E-state index in [9.17, 15) is 5.11 Å². The predicted octanol–water partition coefficient (Wildman–Crippen LogP) is 2.09. The summed E-state index contributed by atoms with van der Waals surface area (Å²) in [6.45, 7) is 1.86. The molecule has 0 unspecified atom stereocenters. The van der Waals surface area contributed by atoms with Crippen molar-refractivity contribution in [2.45, 2.75) is 19.7 Å². The van der Waals surface area contributed by atoms with Crippen LogP contribution in [0.1, 0.15) is 16.7 Å². The van der Waals surface area contributed by atoms with Crippen LogP contribution >= 0.6 is 0 Å². The van der Waals surface area contributed by atoms with Gasteiger partial charge in [-0.3, -0.25) is 4.98 Å². The number of aromatic nitrogens is 1. The van der Waals surface area contributed by atoms with Crippen molar-refractivity contribution in [3.8, 4) is 0 Å². The van der Waals surface area contributed by atoms with Crippen molar-refractivity contribution in [2.24, 2.45) is 0 Å². The van der Waals surface area contributed by atoms with Gasteiger partial charge >= 0.3 is 0 Å². The Bertz CT molecular complexity index is 514. The molecular weight excluding hydrogens is 212 g/mol. The van der Waals surface area contributed by atoms with E-state index in [-0.39, 0.29) is 6.61 Å². The fourth-order valence-electron chi connectivity index (χ4n) is 2.34. The van der Waals surface area contributed by atoms with Gasteiger partial charge in [0.1, 0.15) is 0 Å². The Balaban J connectivity index is 1.94. The van der Waals surface area contributed by atoms with E-state index in [1.165, 1.54) is 11.1 Å². The fourth-order valence-corrected chi connectivity index (χ4v) is 2.34. The van der Waals surface area contributed by atoms with E-state index in [2.05, 4.69) is 34.1 Å². The monoisotopic (exact) mass is 226 g/mol. The summed E-state index contributed by atoms with van der Waals surface area (Å²) in [6.07, 6.45) is 3.55. The first-order valence-electron chi connectivity index (χ1n) is 5.74. The molecule has 0 atom stereocenters. The molecule has 0 bridgehead atoms. The van der Waals surface area contributed by atoms with Crippen LogP contribution in [0.4, 0.5) is 5.69 Å². The van der Waals surface area contributed by atoms with Crippen LogP contribution in [0.15, 0.2) is 42.7 Å². The molecule has 1 aliphatic heterocycles. The molecule has 1 aromatic heterocycles. The molecule has 0 fully saturated rings. The van der Waals surface area contributed by atoms with E-state index in [0.717, 1.165) is 24.3 Å². The van der Waals surface area contributed by atoms with Crippen LogP contribution in [-0.2, 0) is 19.7 Å². The van der Waals surface area contributed by atoms with Crippen LogP contribution in [-0.4, -0.2) is 10.1 Å². The van der Waals surface area contributed by atoms with Crippen molar-refractivity contribution in [1.82, 2.24) is 4.98 Å². The van der Waals surface area contributed by atoms with Gasteiger partial charge in [-0.25, -0.2) is 0 Å². The number of nitrogens with zero attached hydrogens (tertiary/aromatic N) is 2. The number of benzene rings is 1. The largest absolute Gasteiger partial charge is 0.392 e. The van der Waals surface area contributed by atoms with Crippen LogP contribution in [0.25, 0.3) is 0 Å². The van der Waals surface area contributed by atoms with Gasteiger partial charge in [0.05, 0.1) is 18.5 Å². The highest BCUT2D eigenvalue weighted by molar-refractivity contribution is 5.55. The summed E-state index contributed by atoms with van der Waals surface area (Å²) in [5.41, 5.74) is 4.69. The van der Waals surface area contributed by atoms with E-state index < -0.39 is 0 Å². The maximum atomic E-state index is 9.34. The maximum absolute atomic E-state index is 9.34. The second-order valence-corrected chi connectivity index (χ2v) is 4.29. The second kappa shape index (κ2) is 4.18. The molecule has 0 saturated carbocycles. The van der Waals surface area contributed by atoms with E-state index in [1.54, 1.807) is 6.20 Å². The topological polar surface area (TPSA) is 36.4 Å². The van der Waals surface area contributed by atoms with Crippen molar-refractivity contribution >= 4 is 5.69 Å². The lowest BCUT2D eigenvalue weighted by atomic mass is 10.1. The molecule has 3 heteroatoms. The lowest BCUT2D eigenvalue weighted by Crippen LogP contribution is -2.16. The number of pyridine rings is 1. The van der Waals surface area contributed by atoms with Crippen LogP contribution in [0.5, 0.6) is 0 Å². The Morgan fingerprint density at radius 1 is 1.12 bits per heavy atom. The smallest absolute Gasteiger partial charge is 0.0703 e. The summed E-state index contributed by atoms with van der Waals surface area (Å²) >= 11 is 0. The molecule has 0 amide bonds. The molecule has 0 saturated heterocycles. The zero-order valence-corrected chi connectivity index (χ0v) is 9.50. The Labute approximate surface area is 100 Å². The minimum atomic E-state index is 0.0602.